The smallest absolute Gasteiger partial charge is 0.338 e. The molecule has 1 N–H and O–H groups in total. The average molecular weight is 341 g/mol. The van der Waals surface area contributed by atoms with Crippen LogP contribution in [0.4, 0.5) is 10.1 Å². The van der Waals surface area contributed by atoms with E-state index in [2.05, 4.69) is 5.32 Å². The zero-order chi connectivity index (χ0) is 18.1. The van der Waals surface area contributed by atoms with Crippen molar-refractivity contribution in [3.05, 3.63) is 64.5 Å². The molecule has 0 aliphatic carbocycles. The molecular formula is C19H16FNO4. The molecule has 0 unspecified atom stereocenters. The third-order valence-corrected chi connectivity index (χ3v) is 4.23. The number of esters is 1. The molecule has 0 saturated heterocycles. The number of benzene rings is 2. The highest BCUT2D eigenvalue weighted by molar-refractivity contribution is 6.05. The van der Waals surface area contributed by atoms with Crippen molar-refractivity contribution in [3.63, 3.8) is 0 Å². The Bertz CT molecular complexity index is 891. The number of aryl methyl sites for hydroxylation is 1. The van der Waals surface area contributed by atoms with Crippen molar-refractivity contribution in [2.24, 2.45) is 0 Å². The van der Waals surface area contributed by atoms with Crippen LogP contribution in [0.1, 0.15) is 44.7 Å². The van der Waals surface area contributed by atoms with Crippen molar-refractivity contribution in [2.75, 3.05) is 11.9 Å². The maximum absolute atomic E-state index is 13.5. The number of ketones is 1. The molecule has 0 saturated carbocycles. The Hall–Kier alpha value is -3.02. The van der Waals surface area contributed by atoms with E-state index in [0.717, 1.165) is 11.6 Å². The zero-order valence-electron chi connectivity index (χ0n) is 13.8. The fourth-order valence-electron chi connectivity index (χ4n) is 2.61. The van der Waals surface area contributed by atoms with E-state index < -0.39 is 24.2 Å². The number of amides is 1. The van der Waals surface area contributed by atoms with Crippen LogP contribution in [-0.4, -0.2) is 24.3 Å². The van der Waals surface area contributed by atoms with Crippen LogP contribution in [-0.2, 0) is 9.53 Å². The number of ether oxygens (including phenoxy) is 1. The van der Waals surface area contributed by atoms with Crippen molar-refractivity contribution in [1.82, 2.24) is 0 Å². The molecular weight excluding hydrogens is 325 g/mol. The monoisotopic (exact) mass is 341 g/mol. The molecule has 0 spiro atoms. The molecule has 1 atom stereocenters. The largest absolute Gasteiger partial charge is 0.454 e. The summed E-state index contributed by atoms with van der Waals surface area (Å²) >= 11 is 0. The van der Waals surface area contributed by atoms with Gasteiger partial charge in [0.25, 0.3) is 0 Å². The Labute approximate surface area is 143 Å². The summed E-state index contributed by atoms with van der Waals surface area (Å²) in [5.74, 6) is -2.12. The first-order valence-corrected chi connectivity index (χ1v) is 7.78. The molecule has 1 amide bonds. The normalized spacial score (nSPS) is 15.5. The molecule has 1 aliphatic rings. The van der Waals surface area contributed by atoms with Crippen LogP contribution in [0.5, 0.6) is 0 Å². The van der Waals surface area contributed by atoms with Crippen LogP contribution in [0.15, 0.2) is 36.4 Å². The van der Waals surface area contributed by atoms with E-state index in [1.165, 1.54) is 12.1 Å². The Morgan fingerprint density at radius 2 is 1.88 bits per heavy atom. The first-order valence-electron chi connectivity index (χ1n) is 7.78. The second-order valence-electron chi connectivity index (χ2n) is 5.98. The summed E-state index contributed by atoms with van der Waals surface area (Å²) in [4.78, 5) is 35.8. The van der Waals surface area contributed by atoms with Gasteiger partial charge in [0.15, 0.2) is 12.4 Å². The van der Waals surface area contributed by atoms with Crippen LogP contribution >= 0.6 is 0 Å². The molecule has 5 nitrogen and oxygen atoms in total. The van der Waals surface area contributed by atoms with Gasteiger partial charge in [-0.25, -0.2) is 9.18 Å². The van der Waals surface area contributed by atoms with Gasteiger partial charge in [-0.15, -0.1) is 0 Å². The topological polar surface area (TPSA) is 72.5 Å². The molecule has 3 rings (SSSR count). The van der Waals surface area contributed by atoms with Crippen molar-refractivity contribution in [1.29, 1.82) is 0 Å². The first kappa shape index (κ1) is 16.8. The third kappa shape index (κ3) is 3.28. The molecule has 6 heteroatoms. The molecule has 1 heterocycles. The number of fused-ring (bicyclic) bond motifs is 1. The van der Waals surface area contributed by atoms with Gasteiger partial charge in [-0.2, -0.15) is 0 Å². The number of hydrogen-bond acceptors (Lipinski definition) is 4. The summed E-state index contributed by atoms with van der Waals surface area (Å²) in [5.41, 5.74) is 2.24. The molecule has 2 aromatic rings. The van der Waals surface area contributed by atoms with Crippen molar-refractivity contribution >= 4 is 23.3 Å². The minimum atomic E-state index is -0.765. The number of nitrogens with one attached hydrogen (secondary N) is 1. The van der Waals surface area contributed by atoms with E-state index in [1.807, 2.05) is 0 Å². The zero-order valence-corrected chi connectivity index (χ0v) is 13.8. The van der Waals surface area contributed by atoms with Crippen LogP contribution in [0.25, 0.3) is 0 Å². The number of hydrogen-bond donors (Lipinski definition) is 1. The highest BCUT2D eigenvalue weighted by Gasteiger charge is 2.27. The van der Waals surface area contributed by atoms with E-state index in [1.54, 1.807) is 32.0 Å². The lowest BCUT2D eigenvalue weighted by Gasteiger charge is -2.07. The molecule has 2 aromatic carbocycles. The predicted octanol–water partition coefficient (Wildman–Crippen LogP) is 3.23. The average Bonchev–Trinajstić information content (AvgIpc) is 2.88. The van der Waals surface area contributed by atoms with E-state index in [9.17, 15) is 18.8 Å². The second-order valence-corrected chi connectivity index (χ2v) is 5.98. The van der Waals surface area contributed by atoms with Crippen LogP contribution < -0.4 is 5.32 Å². The minimum Gasteiger partial charge on any atom is -0.454 e. The van der Waals surface area contributed by atoms with Gasteiger partial charge in [0.2, 0.25) is 5.91 Å². The SMILES string of the molecule is Cc1ccc(C(=O)OCC(=O)c2ccc3c(c2)[C@@H](C)C(=O)N3)cc1F. The summed E-state index contributed by atoms with van der Waals surface area (Å²) < 4.78 is 18.5. The third-order valence-electron chi connectivity index (χ3n) is 4.23. The minimum absolute atomic E-state index is 0.0493. The number of anilines is 1. The van der Waals surface area contributed by atoms with Crippen LogP contribution in [0.3, 0.4) is 0 Å². The van der Waals surface area contributed by atoms with Crippen LogP contribution in [0, 0.1) is 12.7 Å². The highest BCUT2D eigenvalue weighted by atomic mass is 19.1. The van der Waals surface area contributed by atoms with Crippen molar-refractivity contribution in [2.45, 2.75) is 19.8 Å². The number of rotatable bonds is 4. The van der Waals surface area contributed by atoms with E-state index in [0.29, 0.717) is 16.8 Å². The summed E-state index contributed by atoms with van der Waals surface area (Å²) in [5, 5.41) is 2.72. The molecule has 1 aliphatic heterocycles. The van der Waals surface area contributed by atoms with Crippen molar-refractivity contribution < 1.29 is 23.5 Å². The maximum atomic E-state index is 13.5. The molecule has 128 valence electrons. The Morgan fingerprint density at radius 3 is 2.60 bits per heavy atom. The number of halogens is 1. The summed E-state index contributed by atoms with van der Waals surface area (Å²) in [7, 11) is 0. The number of carbonyl (C=O) groups is 3. The van der Waals surface area contributed by atoms with Gasteiger partial charge in [0, 0.05) is 11.3 Å². The first-order chi connectivity index (χ1) is 11.9. The van der Waals surface area contributed by atoms with E-state index >= 15 is 0 Å². The summed E-state index contributed by atoms with van der Waals surface area (Å²) in [6.07, 6.45) is 0. The standard InChI is InChI=1S/C19H16FNO4/c1-10-3-4-13(8-15(10)20)19(24)25-9-17(22)12-5-6-16-14(7-12)11(2)18(23)21-16/h3-8,11H,9H2,1-2H3,(H,21,23)/t11-/m1/s1. The van der Waals surface area contributed by atoms with Gasteiger partial charge in [-0.1, -0.05) is 6.07 Å². The number of Topliss-reactive ketones (excluding diaryl/α,β-unsaturated/α-hetero) is 1. The Balaban J connectivity index is 1.68. The van der Waals surface area contributed by atoms with Gasteiger partial charge in [-0.3, -0.25) is 9.59 Å². The number of carbonyl (C=O) groups excluding carboxylic acids is 3. The predicted molar refractivity (Wildman–Crippen MR) is 89.2 cm³/mol. The Kier molecular flexibility index (Phi) is 4.35. The van der Waals surface area contributed by atoms with E-state index in [-0.39, 0.29) is 17.4 Å². The lowest BCUT2D eigenvalue weighted by molar-refractivity contribution is -0.116. The summed E-state index contributed by atoms with van der Waals surface area (Å²) in [6.45, 7) is 2.88. The molecule has 0 bridgehead atoms. The summed E-state index contributed by atoms with van der Waals surface area (Å²) in [6, 6.07) is 8.84. The Morgan fingerprint density at radius 1 is 1.16 bits per heavy atom. The fourth-order valence-corrected chi connectivity index (χ4v) is 2.61. The molecule has 0 radical (unpaired) electrons. The fraction of sp³-hybridized carbons (Fsp3) is 0.211. The van der Waals surface area contributed by atoms with E-state index in [4.69, 9.17) is 4.74 Å². The molecule has 0 aromatic heterocycles. The van der Waals surface area contributed by atoms with Gasteiger partial charge in [0.05, 0.1) is 11.5 Å². The van der Waals surface area contributed by atoms with Gasteiger partial charge >= 0.3 is 5.97 Å². The van der Waals surface area contributed by atoms with Crippen molar-refractivity contribution in [3.8, 4) is 0 Å². The second kappa shape index (κ2) is 6.47. The maximum Gasteiger partial charge on any atom is 0.338 e. The van der Waals surface area contributed by atoms with Gasteiger partial charge in [-0.05, 0) is 55.3 Å². The lowest BCUT2D eigenvalue weighted by Crippen LogP contribution is -2.14. The molecule has 25 heavy (non-hydrogen) atoms. The highest BCUT2D eigenvalue weighted by Crippen LogP contribution is 2.32. The van der Waals surface area contributed by atoms with Crippen LogP contribution in [0.2, 0.25) is 0 Å². The van der Waals surface area contributed by atoms with Gasteiger partial charge < -0.3 is 10.1 Å². The quantitative estimate of drug-likeness (QED) is 0.684. The van der Waals surface area contributed by atoms with Gasteiger partial charge in [0.1, 0.15) is 5.82 Å². The molecule has 0 fully saturated rings. The lowest BCUT2D eigenvalue weighted by atomic mass is 9.99.